The third-order valence-corrected chi connectivity index (χ3v) is 4.35. The number of hydrogen-bond acceptors (Lipinski definition) is 7. The Morgan fingerprint density at radius 3 is 2.24 bits per heavy atom. The van der Waals surface area contributed by atoms with Crippen molar-refractivity contribution in [3.63, 3.8) is 0 Å². The lowest BCUT2D eigenvalue weighted by Crippen LogP contribution is -2.51. The van der Waals surface area contributed by atoms with Gasteiger partial charge in [-0.2, -0.15) is 0 Å². The van der Waals surface area contributed by atoms with Crippen molar-refractivity contribution in [3.8, 4) is 17.2 Å². The van der Waals surface area contributed by atoms with E-state index in [1.54, 1.807) is 12.1 Å². The van der Waals surface area contributed by atoms with Crippen LogP contribution in [0, 0.1) is 5.92 Å². The average Bonchev–Trinajstić information content (AvgIpc) is 2.68. The molecule has 160 valence electrons. The normalized spacial score (nSPS) is 18.7. The summed E-state index contributed by atoms with van der Waals surface area (Å²) >= 11 is 0. The summed E-state index contributed by atoms with van der Waals surface area (Å²) < 4.78 is 26.8. The molecule has 2 amide bonds. The number of benzene rings is 1. The van der Waals surface area contributed by atoms with Crippen molar-refractivity contribution in [1.29, 1.82) is 0 Å². The fourth-order valence-corrected chi connectivity index (χ4v) is 3.04. The van der Waals surface area contributed by atoms with Crippen LogP contribution in [0.15, 0.2) is 24.4 Å². The maximum atomic E-state index is 12.8. The number of rotatable bonds is 9. The van der Waals surface area contributed by atoms with Crippen LogP contribution in [0.1, 0.15) is 25.5 Å². The molecule has 9 nitrogen and oxygen atoms in total. The second kappa shape index (κ2) is 10.0. The second-order valence-electron chi connectivity index (χ2n) is 6.62. The van der Waals surface area contributed by atoms with Gasteiger partial charge in [0.2, 0.25) is 5.75 Å². The van der Waals surface area contributed by atoms with E-state index in [0.717, 1.165) is 0 Å². The molecule has 0 bridgehead atoms. The van der Waals surface area contributed by atoms with Gasteiger partial charge in [0.25, 0.3) is 0 Å². The average molecular weight is 408 g/mol. The zero-order valence-electron chi connectivity index (χ0n) is 17.4. The quantitative estimate of drug-likeness (QED) is 0.477. The van der Waals surface area contributed by atoms with Gasteiger partial charge >= 0.3 is 12.0 Å². The van der Waals surface area contributed by atoms with Crippen LogP contribution in [0.2, 0.25) is 0 Å². The number of hydrogen-bond donors (Lipinski definition) is 2. The van der Waals surface area contributed by atoms with Gasteiger partial charge in [0.15, 0.2) is 11.5 Å². The predicted octanol–water partition coefficient (Wildman–Crippen LogP) is 2.16. The highest BCUT2D eigenvalue weighted by Gasteiger charge is 2.39. The van der Waals surface area contributed by atoms with Gasteiger partial charge in [-0.1, -0.05) is 6.58 Å². The first-order chi connectivity index (χ1) is 13.8. The molecule has 1 heterocycles. The fourth-order valence-electron chi connectivity index (χ4n) is 3.04. The number of carbonyl (C=O) groups excluding carboxylic acids is 2. The second-order valence-corrected chi connectivity index (χ2v) is 6.62. The van der Waals surface area contributed by atoms with Crippen LogP contribution >= 0.6 is 0 Å². The van der Waals surface area contributed by atoms with Gasteiger partial charge in [-0.15, -0.1) is 0 Å². The van der Waals surface area contributed by atoms with Crippen molar-refractivity contribution >= 4 is 12.0 Å². The molecule has 0 radical (unpaired) electrons. The molecule has 1 aromatic rings. The summed E-state index contributed by atoms with van der Waals surface area (Å²) in [6, 6.07) is 2.14. The van der Waals surface area contributed by atoms with Crippen LogP contribution in [0.25, 0.3) is 0 Å². The molecule has 2 rings (SSSR count). The van der Waals surface area contributed by atoms with Crippen LogP contribution in [0.4, 0.5) is 4.79 Å². The lowest BCUT2D eigenvalue weighted by molar-refractivity contribution is -0.150. The third-order valence-electron chi connectivity index (χ3n) is 4.35. The summed E-state index contributed by atoms with van der Waals surface area (Å²) in [4.78, 5) is 24.8. The zero-order valence-corrected chi connectivity index (χ0v) is 17.4. The van der Waals surface area contributed by atoms with E-state index >= 15 is 0 Å². The van der Waals surface area contributed by atoms with Crippen LogP contribution in [-0.2, 0) is 14.3 Å². The molecule has 2 N–H and O–H groups in total. The summed E-state index contributed by atoms with van der Waals surface area (Å²) in [7, 11) is 4.47. The van der Waals surface area contributed by atoms with Crippen molar-refractivity contribution in [2.45, 2.75) is 26.0 Å². The maximum Gasteiger partial charge on any atom is 0.319 e. The van der Waals surface area contributed by atoms with E-state index in [1.165, 1.54) is 21.3 Å². The lowest BCUT2D eigenvalue weighted by atomic mass is 9.88. The molecule has 1 fully saturated rings. The number of esters is 1. The Morgan fingerprint density at radius 1 is 1.10 bits per heavy atom. The first-order valence-electron chi connectivity index (χ1n) is 9.16. The fraction of sp³-hybridized carbons (Fsp3) is 0.500. The molecule has 0 spiro atoms. The molecule has 2 atom stereocenters. The monoisotopic (exact) mass is 408 g/mol. The lowest BCUT2D eigenvalue weighted by Gasteiger charge is -2.33. The van der Waals surface area contributed by atoms with E-state index in [1.807, 2.05) is 13.8 Å². The summed E-state index contributed by atoms with van der Waals surface area (Å²) in [6.45, 7) is 7.98. The van der Waals surface area contributed by atoms with Crippen LogP contribution in [-0.4, -0.2) is 52.6 Å². The number of ether oxygens (including phenoxy) is 5. The minimum Gasteiger partial charge on any atom is -0.493 e. The van der Waals surface area contributed by atoms with E-state index in [4.69, 9.17) is 23.7 Å². The Kier molecular flexibility index (Phi) is 7.72. The van der Waals surface area contributed by atoms with Gasteiger partial charge in [0.05, 0.1) is 40.1 Å². The van der Waals surface area contributed by atoms with Crippen molar-refractivity contribution in [1.82, 2.24) is 10.6 Å². The summed E-state index contributed by atoms with van der Waals surface area (Å²) in [5.41, 5.74) is 0.818. The number of nitrogens with one attached hydrogen (secondary N) is 2. The Labute approximate surface area is 170 Å². The maximum absolute atomic E-state index is 12.8. The molecule has 1 aliphatic heterocycles. The van der Waals surface area contributed by atoms with Gasteiger partial charge in [0, 0.05) is 5.70 Å². The number of carbonyl (C=O) groups is 2. The first kappa shape index (κ1) is 22.4. The molecule has 0 unspecified atom stereocenters. The molecule has 0 saturated carbocycles. The summed E-state index contributed by atoms with van der Waals surface area (Å²) in [6.07, 6.45) is 0.0336. The molecular formula is C20H28N2O7. The topological polar surface area (TPSA) is 104 Å². The van der Waals surface area contributed by atoms with E-state index in [0.29, 0.717) is 22.8 Å². The SMILES string of the molecule is C=C1NC(=O)N[C@H](c2cc(OC)c(OC)c(OC)c2)[C@H]1C(=O)OCCOC(C)C. The molecule has 1 aliphatic rings. The van der Waals surface area contributed by atoms with Gasteiger partial charge in [-0.25, -0.2) is 4.79 Å². The molecule has 1 saturated heterocycles. The highest BCUT2D eigenvalue weighted by atomic mass is 16.6. The largest absolute Gasteiger partial charge is 0.493 e. The van der Waals surface area contributed by atoms with Crippen molar-refractivity contribution in [2.75, 3.05) is 34.5 Å². The van der Waals surface area contributed by atoms with Crippen molar-refractivity contribution in [3.05, 3.63) is 30.0 Å². The van der Waals surface area contributed by atoms with E-state index in [-0.39, 0.29) is 25.0 Å². The molecule has 0 aromatic heterocycles. The van der Waals surface area contributed by atoms with Crippen molar-refractivity contribution in [2.24, 2.45) is 5.92 Å². The molecule has 9 heteroatoms. The highest BCUT2D eigenvalue weighted by molar-refractivity contribution is 5.85. The van der Waals surface area contributed by atoms with Gasteiger partial charge in [0.1, 0.15) is 12.5 Å². The number of amides is 2. The zero-order chi connectivity index (χ0) is 21.6. The first-order valence-corrected chi connectivity index (χ1v) is 9.16. The summed E-state index contributed by atoms with van der Waals surface area (Å²) in [5, 5.41) is 5.28. The van der Waals surface area contributed by atoms with E-state index in [9.17, 15) is 9.59 Å². The molecular weight excluding hydrogens is 380 g/mol. The van der Waals surface area contributed by atoms with Crippen LogP contribution < -0.4 is 24.8 Å². The highest BCUT2D eigenvalue weighted by Crippen LogP contribution is 2.42. The standard InChI is InChI=1S/C20H28N2O7/c1-11(2)28-7-8-29-19(23)16-12(3)21-20(24)22-17(16)13-9-14(25-4)18(27-6)15(10-13)26-5/h9-11,16-17H,3,7-8H2,1-2,4-6H3,(H2,21,22,24)/t16-,17+/m0/s1. The van der Waals surface area contributed by atoms with Gasteiger partial charge < -0.3 is 34.3 Å². The van der Waals surface area contributed by atoms with Crippen LogP contribution in [0.5, 0.6) is 17.2 Å². The minimum absolute atomic E-state index is 0.0336. The van der Waals surface area contributed by atoms with E-state index < -0.39 is 24.0 Å². The van der Waals surface area contributed by atoms with E-state index in [2.05, 4.69) is 17.2 Å². The third kappa shape index (κ3) is 5.32. The van der Waals surface area contributed by atoms with Gasteiger partial charge in [-0.05, 0) is 31.5 Å². The molecule has 1 aromatic carbocycles. The van der Waals surface area contributed by atoms with Gasteiger partial charge in [-0.3, -0.25) is 4.79 Å². The Bertz CT molecular complexity index is 738. The molecule has 29 heavy (non-hydrogen) atoms. The summed E-state index contributed by atoms with van der Waals surface area (Å²) in [5.74, 6) is -0.179. The Balaban J connectivity index is 2.32. The number of urea groups is 1. The minimum atomic E-state index is -0.852. The number of methoxy groups -OCH3 is 3. The Hall–Kier alpha value is -2.94. The smallest absolute Gasteiger partial charge is 0.319 e. The Morgan fingerprint density at radius 2 is 1.72 bits per heavy atom. The predicted molar refractivity (Wildman–Crippen MR) is 105 cm³/mol. The molecule has 0 aliphatic carbocycles. The van der Waals surface area contributed by atoms with Crippen LogP contribution in [0.3, 0.4) is 0 Å². The van der Waals surface area contributed by atoms with Crippen molar-refractivity contribution < 1.29 is 33.3 Å².